The Balaban J connectivity index is 1.75. The molecule has 0 saturated heterocycles. The molecule has 1 fully saturated rings. The predicted octanol–water partition coefficient (Wildman–Crippen LogP) is 3.45. The van der Waals surface area contributed by atoms with E-state index in [1.54, 1.807) is 0 Å². The molecule has 2 atom stereocenters. The third-order valence-electron chi connectivity index (χ3n) is 3.75. The molecule has 1 aromatic rings. The molecule has 0 aromatic heterocycles. The summed E-state index contributed by atoms with van der Waals surface area (Å²) in [4.78, 5) is 11.9. The summed E-state index contributed by atoms with van der Waals surface area (Å²) in [5.74, 6) is 0.667. The number of hydrogen-bond donors (Lipinski definition) is 1. The van der Waals surface area contributed by atoms with Gasteiger partial charge in [0.25, 0.3) is 0 Å². The Kier molecular flexibility index (Phi) is 5.26. The fourth-order valence-electron chi connectivity index (χ4n) is 2.74. The van der Waals surface area contributed by atoms with Crippen molar-refractivity contribution in [1.29, 1.82) is 0 Å². The van der Waals surface area contributed by atoms with Crippen molar-refractivity contribution in [1.82, 2.24) is 5.32 Å². The summed E-state index contributed by atoms with van der Waals surface area (Å²) in [6.07, 6.45) is 5.00. The van der Waals surface area contributed by atoms with Gasteiger partial charge in [0.05, 0.1) is 6.42 Å². The van der Waals surface area contributed by atoms with E-state index in [4.69, 9.17) is 11.6 Å². The maximum atomic E-state index is 11.9. The molecule has 2 rings (SSSR count). The topological polar surface area (TPSA) is 29.1 Å². The van der Waals surface area contributed by atoms with E-state index in [1.165, 1.54) is 18.4 Å². The van der Waals surface area contributed by atoms with Crippen LogP contribution in [0.5, 0.6) is 0 Å². The molecule has 1 N–H and O–H groups in total. The fraction of sp³-hybridized carbons (Fsp3) is 0.562. The summed E-state index contributed by atoms with van der Waals surface area (Å²) in [6, 6.07) is 8.11. The monoisotopic (exact) mass is 279 g/mol. The Morgan fingerprint density at radius 1 is 1.42 bits per heavy atom. The highest BCUT2D eigenvalue weighted by atomic mass is 35.5. The normalized spacial score (nSPS) is 23.1. The van der Waals surface area contributed by atoms with Gasteiger partial charge in [0, 0.05) is 11.9 Å². The molecule has 3 heteroatoms. The van der Waals surface area contributed by atoms with Gasteiger partial charge in [-0.05, 0) is 37.7 Å². The summed E-state index contributed by atoms with van der Waals surface area (Å²) in [7, 11) is 0. The van der Waals surface area contributed by atoms with Crippen molar-refractivity contribution in [3.8, 4) is 0 Å². The van der Waals surface area contributed by atoms with E-state index in [0.29, 0.717) is 17.7 Å². The lowest BCUT2D eigenvalue weighted by Crippen LogP contribution is -2.32. The van der Waals surface area contributed by atoms with Crippen LogP contribution in [0.3, 0.4) is 0 Å². The van der Waals surface area contributed by atoms with Crippen LogP contribution in [0.2, 0.25) is 0 Å². The molecule has 1 amide bonds. The molecule has 0 aliphatic heterocycles. The lowest BCUT2D eigenvalue weighted by atomic mass is 9.89. The number of carbonyl (C=O) groups excluding carboxylic acids is 1. The van der Waals surface area contributed by atoms with Gasteiger partial charge in [0.1, 0.15) is 0 Å². The molecule has 2 unspecified atom stereocenters. The number of hydrogen-bond acceptors (Lipinski definition) is 1. The van der Waals surface area contributed by atoms with Gasteiger partial charge in [-0.1, -0.05) is 36.2 Å². The molecule has 1 aliphatic rings. The van der Waals surface area contributed by atoms with E-state index in [0.717, 1.165) is 24.9 Å². The maximum Gasteiger partial charge on any atom is 0.224 e. The molecular formula is C16H22ClNO. The molecular weight excluding hydrogens is 258 g/mol. The molecule has 0 radical (unpaired) electrons. The second kappa shape index (κ2) is 6.95. The van der Waals surface area contributed by atoms with E-state index >= 15 is 0 Å². The Labute approximate surface area is 120 Å². The number of alkyl halides is 1. The van der Waals surface area contributed by atoms with Crippen molar-refractivity contribution < 1.29 is 4.79 Å². The van der Waals surface area contributed by atoms with Gasteiger partial charge in [0.2, 0.25) is 5.91 Å². The van der Waals surface area contributed by atoms with Crippen molar-refractivity contribution in [2.45, 2.75) is 44.4 Å². The van der Waals surface area contributed by atoms with Crippen molar-refractivity contribution >= 4 is 17.5 Å². The highest BCUT2D eigenvalue weighted by Gasteiger charge is 2.20. The van der Waals surface area contributed by atoms with Crippen molar-refractivity contribution in [2.24, 2.45) is 5.92 Å². The highest BCUT2D eigenvalue weighted by Crippen LogP contribution is 2.27. The standard InChI is InChI=1S/C16H22ClNO/c1-12-4-2-5-13(8-12)10-16(19)18-11-14-6-3-7-15(17)9-14/h2,4-5,8,14-15H,3,6-7,9-11H2,1H3,(H,18,19). The minimum atomic E-state index is 0.113. The van der Waals surface area contributed by atoms with Crippen LogP contribution in [-0.2, 0) is 11.2 Å². The van der Waals surface area contributed by atoms with Gasteiger partial charge in [-0.2, -0.15) is 0 Å². The number of amides is 1. The Morgan fingerprint density at radius 3 is 3.00 bits per heavy atom. The molecule has 0 bridgehead atoms. The van der Waals surface area contributed by atoms with Gasteiger partial charge in [-0.15, -0.1) is 11.6 Å². The Bertz CT molecular complexity index is 433. The molecule has 0 heterocycles. The molecule has 2 nitrogen and oxygen atoms in total. The Hall–Kier alpha value is -1.02. The van der Waals surface area contributed by atoms with E-state index < -0.39 is 0 Å². The number of carbonyl (C=O) groups is 1. The first-order valence-corrected chi connectivity index (χ1v) is 7.53. The van der Waals surface area contributed by atoms with Crippen LogP contribution in [0.4, 0.5) is 0 Å². The van der Waals surface area contributed by atoms with E-state index in [1.807, 2.05) is 25.1 Å². The first kappa shape index (κ1) is 14.4. The third kappa shape index (κ3) is 4.87. The molecule has 0 spiro atoms. The van der Waals surface area contributed by atoms with Crippen LogP contribution in [0.1, 0.15) is 36.8 Å². The first-order chi connectivity index (χ1) is 9.13. The SMILES string of the molecule is Cc1cccc(CC(=O)NCC2CCCC(Cl)C2)c1. The average Bonchev–Trinajstić information content (AvgIpc) is 2.36. The Morgan fingerprint density at radius 2 is 2.26 bits per heavy atom. The lowest BCUT2D eigenvalue weighted by Gasteiger charge is -2.25. The zero-order valence-corrected chi connectivity index (χ0v) is 12.2. The van der Waals surface area contributed by atoms with Crippen molar-refractivity contribution in [3.63, 3.8) is 0 Å². The van der Waals surface area contributed by atoms with Crippen LogP contribution in [0.25, 0.3) is 0 Å². The van der Waals surface area contributed by atoms with Crippen LogP contribution < -0.4 is 5.32 Å². The summed E-state index contributed by atoms with van der Waals surface area (Å²) < 4.78 is 0. The zero-order valence-electron chi connectivity index (χ0n) is 11.5. The average molecular weight is 280 g/mol. The first-order valence-electron chi connectivity index (χ1n) is 7.10. The predicted molar refractivity (Wildman–Crippen MR) is 79.5 cm³/mol. The number of aryl methyl sites for hydroxylation is 1. The number of rotatable bonds is 4. The molecule has 1 saturated carbocycles. The van der Waals surface area contributed by atoms with Crippen molar-refractivity contribution in [2.75, 3.05) is 6.54 Å². The molecule has 1 aromatic carbocycles. The van der Waals surface area contributed by atoms with Gasteiger partial charge < -0.3 is 5.32 Å². The summed E-state index contributed by atoms with van der Waals surface area (Å²) in [5, 5.41) is 3.34. The minimum absolute atomic E-state index is 0.113. The second-order valence-corrected chi connectivity index (χ2v) is 6.22. The van der Waals surface area contributed by atoms with E-state index in [2.05, 4.69) is 11.4 Å². The summed E-state index contributed by atoms with van der Waals surface area (Å²) in [6.45, 7) is 2.82. The van der Waals surface area contributed by atoms with E-state index in [9.17, 15) is 4.79 Å². The zero-order chi connectivity index (χ0) is 13.7. The van der Waals surface area contributed by atoms with Gasteiger partial charge in [-0.3, -0.25) is 4.79 Å². The molecule has 104 valence electrons. The van der Waals surface area contributed by atoms with Gasteiger partial charge in [-0.25, -0.2) is 0 Å². The number of halogens is 1. The van der Waals surface area contributed by atoms with Crippen LogP contribution in [-0.4, -0.2) is 17.8 Å². The van der Waals surface area contributed by atoms with Crippen LogP contribution >= 0.6 is 11.6 Å². The van der Waals surface area contributed by atoms with Crippen LogP contribution in [0, 0.1) is 12.8 Å². The van der Waals surface area contributed by atoms with Gasteiger partial charge in [0.15, 0.2) is 0 Å². The summed E-state index contributed by atoms with van der Waals surface area (Å²) >= 11 is 6.16. The highest BCUT2D eigenvalue weighted by molar-refractivity contribution is 6.20. The number of nitrogens with one attached hydrogen (secondary N) is 1. The lowest BCUT2D eigenvalue weighted by molar-refractivity contribution is -0.120. The summed E-state index contributed by atoms with van der Waals surface area (Å²) in [5.41, 5.74) is 2.28. The number of benzene rings is 1. The van der Waals surface area contributed by atoms with Crippen LogP contribution in [0.15, 0.2) is 24.3 Å². The van der Waals surface area contributed by atoms with Crippen molar-refractivity contribution in [3.05, 3.63) is 35.4 Å². The maximum absolute atomic E-state index is 11.9. The third-order valence-corrected chi connectivity index (χ3v) is 4.15. The largest absolute Gasteiger partial charge is 0.356 e. The second-order valence-electron chi connectivity index (χ2n) is 5.60. The fourth-order valence-corrected chi connectivity index (χ4v) is 3.15. The quantitative estimate of drug-likeness (QED) is 0.841. The van der Waals surface area contributed by atoms with Gasteiger partial charge >= 0.3 is 0 Å². The van der Waals surface area contributed by atoms with E-state index in [-0.39, 0.29) is 5.91 Å². The minimum Gasteiger partial charge on any atom is -0.356 e. The molecule has 1 aliphatic carbocycles. The molecule has 19 heavy (non-hydrogen) atoms. The smallest absolute Gasteiger partial charge is 0.224 e.